The lowest BCUT2D eigenvalue weighted by atomic mass is 9.96. The molecule has 1 saturated heterocycles. The molecule has 0 unspecified atom stereocenters. The molecule has 1 aliphatic rings. The van der Waals surface area contributed by atoms with Gasteiger partial charge >= 0.3 is 0 Å². The Kier molecular flexibility index (Phi) is 5.47. The standard InChI is InChI=1S/C9H17BrF2Si/c10-13-6-4-8(5-7-13)2-1-3-9(11)12/h8-9,13H,1-7H2. The van der Waals surface area contributed by atoms with E-state index in [0.717, 1.165) is 18.8 Å². The molecule has 0 aromatic rings. The van der Waals surface area contributed by atoms with Crippen LogP contribution in [0.4, 0.5) is 8.78 Å². The Morgan fingerprint density at radius 2 is 1.92 bits per heavy atom. The first kappa shape index (κ1) is 11.6. The highest BCUT2D eigenvalue weighted by molar-refractivity contribution is 9.24. The second kappa shape index (κ2) is 6.12. The predicted molar refractivity (Wildman–Crippen MR) is 58.3 cm³/mol. The number of rotatable bonds is 4. The third kappa shape index (κ3) is 5.11. The van der Waals surface area contributed by atoms with Crippen LogP contribution < -0.4 is 0 Å². The Hall–Kier alpha value is 0.557. The zero-order valence-corrected chi connectivity index (χ0v) is 10.6. The summed E-state index contributed by atoms with van der Waals surface area (Å²) < 4.78 is 23.7. The fourth-order valence-electron chi connectivity index (χ4n) is 1.97. The molecule has 1 fully saturated rings. The molecular weight excluding hydrogens is 254 g/mol. The number of alkyl halides is 2. The molecule has 0 aromatic heterocycles. The first-order valence-corrected chi connectivity index (χ1v) is 9.92. The van der Waals surface area contributed by atoms with E-state index in [1.807, 2.05) is 0 Å². The first-order chi connectivity index (χ1) is 6.18. The van der Waals surface area contributed by atoms with Gasteiger partial charge in [-0.25, -0.2) is 8.78 Å². The largest absolute Gasteiger partial charge is 0.238 e. The summed E-state index contributed by atoms with van der Waals surface area (Å²) in [5, 5.41) is 0. The molecule has 0 N–H and O–H groups in total. The van der Waals surface area contributed by atoms with E-state index in [9.17, 15) is 8.78 Å². The average molecular weight is 271 g/mol. The minimum atomic E-state index is -2.10. The third-order valence-corrected chi connectivity index (χ3v) is 7.48. The minimum Gasteiger partial charge on any atom is -0.211 e. The Bertz CT molecular complexity index is 136. The Morgan fingerprint density at radius 3 is 2.46 bits per heavy atom. The van der Waals surface area contributed by atoms with Crippen molar-refractivity contribution in [3.05, 3.63) is 0 Å². The van der Waals surface area contributed by atoms with Crippen LogP contribution in [0.15, 0.2) is 0 Å². The maximum Gasteiger partial charge on any atom is 0.238 e. The molecular formula is C9H17BrF2Si. The zero-order valence-electron chi connectivity index (χ0n) is 7.82. The number of hydrogen-bond acceptors (Lipinski definition) is 0. The fourth-order valence-corrected chi connectivity index (χ4v) is 5.51. The maximum atomic E-state index is 11.9. The SMILES string of the molecule is FC(F)CCCC1CC[SiH](Br)CC1. The Morgan fingerprint density at radius 1 is 1.31 bits per heavy atom. The van der Waals surface area contributed by atoms with Gasteiger partial charge in [0.15, 0.2) is 0 Å². The third-order valence-electron chi connectivity index (χ3n) is 2.81. The van der Waals surface area contributed by atoms with Crippen LogP contribution in [0.3, 0.4) is 0 Å². The normalized spacial score (nSPS) is 29.5. The highest BCUT2D eigenvalue weighted by Crippen LogP contribution is 2.31. The lowest BCUT2D eigenvalue weighted by Crippen LogP contribution is -2.15. The van der Waals surface area contributed by atoms with Crippen LogP contribution in [-0.4, -0.2) is 13.8 Å². The topological polar surface area (TPSA) is 0 Å². The van der Waals surface area contributed by atoms with E-state index in [4.69, 9.17) is 0 Å². The van der Waals surface area contributed by atoms with E-state index in [-0.39, 0.29) is 6.42 Å². The van der Waals surface area contributed by atoms with Gasteiger partial charge in [0.05, 0.1) is 0 Å². The highest BCUT2D eigenvalue weighted by atomic mass is 79.9. The molecule has 1 rings (SSSR count). The lowest BCUT2D eigenvalue weighted by molar-refractivity contribution is 0.131. The minimum absolute atomic E-state index is 0.103. The van der Waals surface area contributed by atoms with Gasteiger partial charge in [0.1, 0.15) is 7.42 Å². The van der Waals surface area contributed by atoms with E-state index < -0.39 is 13.8 Å². The summed E-state index contributed by atoms with van der Waals surface area (Å²) in [5.74, 6) is 0.750. The maximum absolute atomic E-state index is 11.9. The van der Waals surface area contributed by atoms with Gasteiger partial charge in [-0.15, -0.1) is 15.3 Å². The van der Waals surface area contributed by atoms with Gasteiger partial charge in [-0.1, -0.05) is 19.3 Å². The van der Waals surface area contributed by atoms with Gasteiger partial charge in [-0.3, -0.25) is 0 Å². The lowest BCUT2D eigenvalue weighted by Gasteiger charge is -2.24. The van der Waals surface area contributed by atoms with Crippen molar-refractivity contribution in [2.24, 2.45) is 5.92 Å². The molecule has 1 heterocycles. The van der Waals surface area contributed by atoms with Crippen LogP contribution in [0.2, 0.25) is 12.1 Å². The summed E-state index contributed by atoms with van der Waals surface area (Å²) in [6.07, 6.45) is 2.32. The number of halogens is 3. The van der Waals surface area contributed by atoms with Gasteiger partial charge in [0.2, 0.25) is 6.43 Å². The van der Waals surface area contributed by atoms with E-state index in [1.54, 1.807) is 0 Å². The fraction of sp³-hybridized carbons (Fsp3) is 1.00. The van der Waals surface area contributed by atoms with Gasteiger partial charge in [0.25, 0.3) is 0 Å². The molecule has 13 heavy (non-hydrogen) atoms. The van der Waals surface area contributed by atoms with Crippen molar-refractivity contribution in [3.8, 4) is 0 Å². The van der Waals surface area contributed by atoms with Crippen LogP contribution in [0.5, 0.6) is 0 Å². The highest BCUT2D eigenvalue weighted by Gasteiger charge is 2.20. The second-order valence-corrected chi connectivity index (χ2v) is 10.2. The summed E-state index contributed by atoms with van der Waals surface area (Å²) in [7, 11) is -0.522. The van der Waals surface area contributed by atoms with Crippen LogP contribution >= 0.6 is 15.3 Å². The molecule has 4 heteroatoms. The molecule has 0 bridgehead atoms. The van der Waals surface area contributed by atoms with Gasteiger partial charge in [-0.05, 0) is 24.4 Å². The predicted octanol–water partition coefficient (Wildman–Crippen LogP) is 3.95. The van der Waals surface area contributed by atoms with Crippen molar-refractivity contribution >= 4 is 22.7 Å². The van der Waals surface area contributed by atoms with Crippen molar-refractivity contribution < 1.29 is 8.78 Å². The average Bonchev–Trinajstić information content (AvgIpc) is 2.08. The van der Waals surface area contributed by atoms with Crippen molar-refractivity contribution in [1.82, 2.24) is 0 Å². The van der Waals surface area contributed by atoms with Crippen LogP contribution in [-0.2, 0) is 0 Å². The summed E-state index contributed by atoms with van der Waals surface area (Å²) >= 11 is 3.73. The molecule has 1 aliphatic heterocycles. The van der Waals surface area contributed by atoms with Crippen molar-refractivity contribution in [2.75, 3.05) is 0 Å². The van der Waals surface area contributed by atoms with Crippen LogP contribution in [0.25, 0.3) is 0 Å². The molecule has 0 saturated carbocycles. The number of hydrogen-bond donors (Lipinski definition) is 0. The van der Waals surface area contributed by atoms with Crippen molar-refractivity contribution in [3.63, 3.8) is 0 Å². The van der Waals surface area contributed by atoms with E-state index >= 15 is 0 Å². The molecule has 0 radical (unpaired) electrons. The van der Waals surface area contributed by atoms with E-state index in [1.165, 1.54) is 24.9 Å². The summed E-state index contributed by atoms with van der Waals surface area (Å²) in [6, 6.07) is 2.72. The van der Waals surface area contributed by atoms with Crippen molar-refractivity contribution in [2.45, 2.75) is 50.6 Å². The van der Waals surface area contributed by atoms with E-state index in [0.29, 0.717) is 0 Å². The first-order valence-electron chi connectivity index (χ1n) is 5.10. The summed E-state index contributed by atoms with van der Waals surface area (Å²) in [6.45, 7) is 0. The van der Waals surface area contributed by atoms with Gasteiger partial charge < -0.3 is 0 Å². The van der Waals surface area contributed by atoms with Gasteiger partial charge in [0, 0.05) is 6.42 Å². The van der Waals surface area contributed by atoms with Crippen molar-refractivity contribution in [1.29, 1.82) is 0 Å². The molecule has 0 atom stereocenters. The molecule has 0 aliphatic carbocycles. The second-order valence-electron chi connectivity index (χ2n) is 3.94. The Labute approximate surface area is 88.3 Å². The van der Waals surface area contributed by atoms with E-state index in [2.05, 4.69) is 15.3 Å². The monoisotopic (exact) mass is 270 g/mol. The summed E-state index contributed by atoms with van der Waals surface area (Å²) in [5.41, 5.74) is 0. The molecule has 0 aromatic carbocycles. The molecule has 0 amide bonds. The molecule has 0 nitrogen and oxygen atoms in total. The smallest absolute Gasteiger partial charge is 0.211 e. The van der Waals surface area contributed by atoms with Crippen LogP contribution in [0.1, 0.15) is 32.1 Å². The summed E-state index contributed by atoms with van der Waals surface area (Å²) in [4.78, 5) is 0. The molecule has 0 spiro atoms. The quantitative estimate of drug-likeness (QED) is 0.536. The molecule has 78 valence electrons. The zero-order chi connectivity index (χ0) is 9.68. The van der Waals surface area contributed by atoms with Crippen LogP contribution in [0, 0.1) is 5.92 Å². The Balaban J connectivity index is 2.02. The van der Waals surface area contributed by atoms with Gasteiger partial charge in [-0.2, -0.15) is 0 Å².